The van der Waals surface area contributed by atoms with Crippen LogP contribution in [0.2, 0.25) is 0 Å². The number of alkyl halides is 2. The molecule has 0 saturated carbocycles. The van der Waals surface area contributed by atoms with Gasteiger partial charge in [-0.2, -0.15) is 8.78 Å². The molecule has 1 aromatic rings. The summed E-state index contributed by atoms with van der Waals surface area (Å²) < 4.78 is 30.1. The van der Waals surface area contributed by atoms with Crippen molar-refractivity contribution in [3.63, 3.8) is 0 Å². The molecule has 1 aliphatic rings. The van der Waals surface area contributed by atoms with Gasteiger partial charge in [0.15, 0.2) is 11.6 Å². The van der Waals surface area contributed by atoms with E-state index in [2.05, 4.69) is 10.1 Å². The number of hydrogen-bond acceptors (Lipinski definition) is 4. The summed E-state index contributed by atoms with van der Waals surface area (Å²) in [5.74, 6) is -1.25. The van der Waals surface area contributed by atoms with Crippen LogP contribution in [0.4, 0.5) is 8.78 Å². The highest BCUT2D eigenvalue weighted by Crippen LogP contribution is 2.42. The fraction of sp³-hybridized carbons (Fsp3) is 0.333. The van der Waals surface area contributed by atoms with Crippen LogP contribution in [0.25, 0.3) is 0 Å². The van der Waals surface area contributed by atoms with E-state index in [4.69, 9.17) is 0 Å². The van der Waals surface area contributed by atoms with Crippen molar-refractivity contribution in [2.75, 3.05) is 0 Å². The molecule has 0 aromatic heterocycles. The number of carbonyl (C=O) groups excluding carboxylic acids is 2. The van der Waals surface area contributed by atoms with Crippen LogP contribution in [0, 0.1) is 0 Å². The van der Waals surface area contributed by atoms with Crippen molar-refractivity contribution < 1.29 is 23.1 Å². The number of ketones is 2. The summed E-state index contributed by atoms with van der Waals surface area (Å²) in [5, 5.41) is 3.03. The van der Waals surface area contributed by atoms with Crippen molar-refractivity contribution in [3.05, 3.63) is 52.4 Å². The summed E-state index contributed by atoms with van der Waals surface area (Å²) in [7, 11) is 0. The fourth-order valence-electron chi connectivity index (χ4n) is 3.16. The first-order valence-corrected chi connectivity index (χ1v) is 7.48. The Kier molecular flexibility index (Phi) is 5.17. The third-order valence-corrected chi connectivity index (χ3v) is 3.97. The lowest BCUT2D eigenvalue weighted by Gasteiger charge is -2.31. The molecular formula is C18H19F2NO3. The molecule has 6 heteroatoms. The van der Waals surface area contributed by atoms with Gasteiger partial charge >= 0.3 is 6.61 Å². The van der Waals surface area contributed by atoms with Crippen molar-refractivity contribution >= 4 is 11.6 Å². The third-order valence-electron chi connectivity index (χ3n) is 3.97. The lowest BCUT2D eigenvalue weighted by Crippen LogP contribution is -2.30. The number of halogens is 2. The maximum atomic E-state index is 12.7. The molecule has 2 rings (SSSR count). The molecule has 1 aromatic carbocycles. The molecule has 0 unspecified atom stereocenters. The zero-order valence-electron chi connectivity index (χ0n) is 13.9. The summed E-state index contributed by atoms with van der Waals surface area (Å²) in [6, 6.07) is 6.23. The van der Waals surface area contributed by atoms with Crippen LogP contribution in [0.5, 0.6) is 5.75 Å². The summed E-state index contributed by atoms with van der Waals surface area (Å²) >= 11 is 0. The van der Waals surface area contributed by atoms with E-state index in [9.17, 15) is 18.4 Å². The molecule has 128 valence electrons. The van der Waals surface area contributed by atoms with E-state index in [1.54, 1.807) is 32.0 Å². The number of Topliss-reactive ketones (excluding diaryl/α,β-unsaturated/α-hetero) is 2. The van der Waals surface area contributed by atoms with Crippen LogP contribution in [-0.4, -0.2) is 18.2 Å². The molecular weight excluding hydrogens is 316 g/mol. The van der Waals surface area contributed by atoms with Gasteiger partial charge in [-0.15, -0.1) is 0 Å². The molecule has 0 atom stereocenters. The van der Waals surface area contributed by atoms with Gasteiger partial charge in [0.1, 0.15) is 5.75 Å². The minimum Gasteiger partial charge on any atom is -0.435 e. The lowest BCUT2D eigenvalue weighted by molar-refractivity contribution is -0.114. The van der Waals surface area contributed by atoms with Crippen molar-refractivity contribution in [1.82, 2.24) is 5.32 Å². The Bertz CT molecular complexity index is 714. The van der Waals surface area contributed by atoms with E-state index in [1.165, 1.54) is 19.9 Å². The van der Waals surface area contributed by atoms with Crippen LogP contribution >= 0.6 is 0 Å². The second-order valence-electron chi connectivity index (χ2n) is 5.66. The number of nitrogens with one attached hydrogen (secondary N) is 1. The average molecular weight is 335 g/mol. The largest absolute Gasteiger partial charge is 0.435 e. The molecule has 1 aliphatic heterocycles. The molecule has 0 spiro atoms. The Balaban J connectivity index is 2.72. The molecule has 0 bridgehead atoms. The van der Waals surface area contributed by atoms with E-state index in [-0.39, 0.29) is 17.3 Å². The predicted molar refractivity (Wildman–Crippen MR) is 85.7 cm³/mol. The molecule has 0 amide bonds. The van der Waals surface area contributed by atoms with E-state index in [0.29, 0.717) is 28.1 Å². The van der Waals surface area contributed by atoms with Gasteiger partial charge in [0.25, 0.3) is 0 Å². The summed E-state index contributed by atoms with van der Waals surface area (Å²) in [6.45, 7) is 3.23. The summed E-state index contributed by atoms with van der Waals surface area (Å²) in [6.07, 6.45) is 0. The third kappa shape index (κ3) is 3.37. The highest BCUT2D eigenvalue weighted by atomic mass is 19.3. The topological polar surface area (TPSA) is 55.4 Å². The van der Waals surface area contributed by atoms with Crippen molar-refractivity contribution in [3.8, 4) is 5.75 Å². The quantitative estimate of drug-likeness (QED) is 0.891. The SMILES string of the molecule is CC(=O)C1=C(C)NC(C)=C(C(C)=O)C1c1ccccc1OC(F)F. The van der Waals surface area contributed by atoms with E-state index in [0.717, 1.165) is 0 Å². The van der Waals surface area contributed by atoms with Gasteiger partial charge in [0, 0.05) is 34.0 Å². The highest BCUT2D eigenvalue weighted by molar-refractivity contribution is 6.03. The summed E-state index contributed by atoms with van der Waals surface area (Å²) in [5.41, 5.74) is 2.31. The Morgan fingerprint density at radius 3 is 2.00 bits per heavy atom. The predicted octanol–water partition coefficient (Wildman–Crippen LogP) is 3.70. The molecule has 24 heavy (non-hydrogen) atoms. The Hall–Kier alpha value is -2.50. The number of benzene rings is 1. The molecule has 0 aliphatic carbocycles. The molecule has 0 saturated heterocycles. The average Bonchev–Trinajstić information content (AvgIpc) is 2.45. The molecule has 1 heterocycles. The van der Waals surface area contributed by atoms with Crippen LogP contribution in [0.1, 0.15) is 39.2 Å². The first-order valence-electron chi connectivity index (χ1n) is 7.48. The molecule has 0 fully saturated rings. The summed E-state index contributed by atoms with van der Waals surface area (Å²) in [4.78, 5) is 24.4. The normalized spacial score (nSPS) is 15.6. The number of allylic oxidation sites excluding steroid dienone is 4. The zero-order valence-corrected chi connectivity index (χ0v) is 13.9. The van der Waals surface area contributed by atoms with Crippen LogP contribution in [0.3, 0.4) is 0 Å². The van der Waals surface area contributed by atoms with Gasteiger partial charge in [0.05, 0.1) is 0 Å². The van der Waals surface area contributed by atoms with Gasteiger partial charge in [0.2, 0.25) is 0 Å². The number of para-hydroxylation sites is 1. The maximum Gasteiger partial charge on any atom is 0.387 e. The maximum absolute atomic E-state index is 12.7. The van der Waals surface area contributed by atoms with E-state index < -0.39 is 12.5 Å². The smallest absolute Gasteiger partial charge is 0.387 e. The number of carbonyl (C=O) groups is 2. The Labute approximate surface area is 139 Å². The Morgan fingerprint density at radius 1 is 1.04 bits per heavy atom. The lowest BCUT2D eigenvalue weighted by atomic mass is 9.77. The van der Waals surface area contributed by atoms with Crippen molar-refractivity contribution in [1.29, 1.82) is 0 Å². The minimum atomic E-state index is -3.00. The van der Waals surface area contributed by atoms with Crippen LogP contribution in [0.15, 0.2) is 46.8 Å². The monoisotopic (exact) mass is 335 g/mol. The van der Waals surface area contributed by atoms with Gasteiger partial charge in [-0.3, -0.25) is 9.59 Å². The van der Waals surface area contributed by atoms with Gasteiger partial charge < -0.3 is 10.1 Å². The first kappa shape index (κ1) is 17.8. The number of rotatable bonds is 5. The number of dihydropyridines is 1. The van der Waals surface area contributed by atoms with Crippen molar-refractivity contribution in [2.24, 2.45) is 0 Å². The molecule has 4 nitrogen and oxygen atoms in total. The second-order valence-corrected chi connectivity index (χ2v) is 5.66. The van der Waals surface area contributed by atoms with Gasteiger partial charge in [-0.1, -0.05) is 18.2 Å². The number of hydrogen-bond donors (Lipinski definition) is 1. The van der Waals surface area contributed by atoms with E-state index in [1.807, 2.05) is 0 Å². The number of ether oxygens (including phenoxy) is 1. The van der Waals surface area contributed by atoms with E-state index >= 15 is 0 Å². The zero-order chi connectivity index (χ0) is 18.0. The highest BCUT2D eigenvalue weighted by Gasteiger charge is 2.35. The van der Waals surface area contributed by atoms with Gasteiger partial charge in [-0.25, -0.2) is 0 Å². The van der Waals surface area contributed by atoms with Crippen LogP contribution in [-0.2, 0) is 9.59 Å². The fourth-order valence-corrected chi connectivity index (χ4v) is 3.16. The minimum absolute atomic E-state index is 0.0440. The van der Waals surface area contributed by atoms with Crippen LogP contribution < -0.4 is 10.1 Å². The second kappa shape index (κ2) is 6.95. The van der Waals surface area contributed by atoms with Crippen molar-refractivity contribution in [2.45, 2.75) is 40.2 Å². The molecule has 0 radical (unpaired) electrons. The van der Waals surface area contributed by atoms with Gasteiger partial charge in [-0.05, 0) is 33.8 Å². The first-order chi connectivity index (χ1) is 11.2. The standard InChI is InChI=1S/C18H19F2NO3/c1-9-15(11(3)22)17(16(12(4)23)10(2)21-9)13-7-5-6-8-14(13)24-18(19)20/h5-8,17-18,21H,1-4H3. The Morgan fingerprint density at radius 2 is 1.54 bits per heavy atom. The molecule has 1 N–H and O–H groups in total.